The Morgan fingerprint density at radius 3 is 2.24 bits per heavy atom. The Morgan fingerprint density at radius 2 is 1.53 bits per heavy atom. The van der Waals surface area contributed by atoms with Crippen molar-refractivity contribution in [3.63, 3.8) is 0 Å². The van der Waals surface area contributed by atoms with Crippen molar-refractivity contribution in [1.29, 1.82) is 0 Å². The summed E-state index contributed by atoms with van der Waals surface area (Å²) in [7, 11) is -4.27. The van der Waals surface area contributed by atoms with Crippen LogP contribution in [0.15, 0.2) is 119 Å². The van der Waals surface area contributed by atoms with Crippen molar-refractivity contribution >= 4 is 72.4 Å². The Hall–Kier alpha value is -2.74. The number of hydrogen-bond acceptors (Lipinski definition) is 8. The molecule has 12 heteroatoms. The van der Waals surface area contributed by atoms with Gasteiger partial charge in [0.25, 0.3) is 0 Å². The minimum Gasteiger partial charge on any atom is -0.748 e. The molecule has 0 N–H and O–H groups in total. The van der Waals surface area contributed by atoms with Crippen molar-refractivity contribution in [3.8, 4) is 0 Å². The minimum absolute atomic E-state index is 0. The van der Waals surface area contributed by atoms with Gasteiger partial charge in [-0.25, -0.2) is 8.42 Å². The third kappa shape index (κ3) is 9.27. The average molecular weight is 849 g/mol. The topological polar surface area (TPSA) is 105 Å². The summed E-state index contributed by atoms with van der Waals surface area (Å²) in [6.45, 7) is 10.5. The first-order chi connectivity index (χ1) is 27.3. The first kappa shape index (κ1) is 44.8. The fraction of sp³-hybridized carbons (Fsp3) is 0.370. The van der Waals surface area contributed by atoms with Crippen LogP contribution in [0.25, 0.3) is 21.5 Å². The number of anilines is 1. The number of nitrogens with zero attached hydrogens (tertiary/aromatic N) is 2. The smallest absolute Gasteiger partial charge is 0.748 e. The van der Waals surface area contributed by atoms with Crippen LogP contribution >= 0.6 is 23.6 Å². The molecule has 58 heavy (non-hydrogen) atoms. The summed E-state index contributed by atoms with van der Waals surface area (Å²) in [5.74, 6) is 0.297. The summed E-state index contributed by atoms with van der Waals surface area (Å²) >= 11 is 8.35. The minimum atomic E-state index is -4.27. The van der Waals surface area contributed by atoms with Gasteiger partial charge >= 0.3 is 29.6 Å². The van der Waals surface area contributed by atoms with Crippen molar-refractivity contribution < 1.29 is 61.7 Å². The second-order valence-corrected chi connectivity index (χ2v) is 18.9. The monoisotopic (exact) mass is 848 g/mol. The molecule has 3 aliphatic rings. The van der Waals surface area contributed by atoms with Crippen LogP contribution in [0, 0.1) is 0 Å². The fourth-order valence-corrected chi connectivity index (χ4v) is 10.5. The number of rotatable bonds is 15. The standard InChI is InChI=1S/C46H51ClN2O6S2.Na/c1-45(2)40(48(28-9-11-30-56-55-54-50)38-24-20-32-14-5-7-18-36(32)42(38)45)26-22-34-16-13-17-35(44(34)47)23-27-41-46(3,4)43-37-19-8-6-15-33(37)21-25-39(43)49(41)29-10-12-31-57(51,52)53;/h5-8,14-15,18-27H,9-13,16-17,28-31H2,1-4H3,(H-,50,51,52,53);/q;+1/p-1. The molecule has 0 saturated carbocycles. The summed E-state index contributed by atoms with van der Waals surface area (Å²) in [5, 5.41) is 19.4. The molecule has 2 heterocycles. The van der Waals surface area contributed by atoms with Crippen molar-refractivity contribution in [3.05, 3.63) is 130 Å². The summed E-state index contributed by atoms with van der Waals surface area (Å²) in [5.41, 5.74) is 8.82. The molecule has 0 atom stereocenters. The van der Waals surface area contributed by atoms with E-state index in [9.17, 15) is 18.2 Å². The molecule has 0 fully saturated rings. The molecule has 2 aliphatic heterocycles. The predicted molar refractivity (Wildman–Crippen MR) is 231 cm³/mol. The van der Waals surface area contributed by atoms with E-state index in [2.05, 4.69) is 144 Å². The van der Waals surface area contributed by atoms with Gasteiger partial charge in [0.15, 0.2) is 5.71 Å². The molecule has 8 nitrogen and oxygen atoms in total. The van der Waals surface area contributed by atoms with Crippen molar-refractivity contribution in [2.75, 3.05) is 29.5 Å². The second-order valence-electron chi connectivity index (χ2n) is 16.2. The first-order valence-electron chi connectivity index (χ1n) is 19.8. The van der Waals surface area contributed by atoms with Crippen LogP contribution in [0.5, 0.6) is 0 Å². The van der Waals surface area contributed by atoms with Gasteiger partial charge in [-0.3, -0.25) is 5.04 Å². The molecule has 1 aliphatic carbocycles. The number of halogens is 1. The summed E-state index contributed by atoms with van der Waals surface area (Å²) in [6, 6.07) is 25.8. The fourth-order valence-electron chi connectivity index (χ4n) is 9.15. The van der Waals surface area contributed by atoms with Crippen LogP contribution in [-0.2, 0) is 30.3 Å². The van der Waals surface area contributed by atoms with E-state index in [0.717, 1.165) is 78.3 Å². The number of hydrogen-bond donors (Lipinski definition) is 0. The molecule has 0 unspecified atom stereocenters. The van der Waals surface area contributed by atoms with Gasteiger partial charge in [-0.2, -0.15) is 8.91 Å². The average Bonchev–Trinajstić information content (AvgIpc) is 3.54. The maximum atomic E-state index is 11.4. The second kappa shape index (κ2) is 18.9. The molecule has 300 valence electrons. The van der Waals surface area contributed by atoms with Gasteiger partial charge < -0.3 is 14.7 Å². The van der Waals surface area contributed by atoms with E-state index in [1.807, 2.05) is 0 Å². The Kier molecular flexibility index (Phi) is 14.6. The Bertz CT molecular complexity index is 2450. The third-order valence-electron chi connectivity index (χ3n) is 11.8. The predicted octanol–water partition coefficient (Wildman–Crippen LogP) is 7.19. The molecule has 0 saturated heterocycles. The zero-order valence-corrected chi connectivity index (χ0v) is 38.4. The first-order valence-corrected chi connectivity index (χ1v) is 22.7. The molecular weight excluding hydrogens is 799 g/mol. The molecule has 0 radical (unpaired) electrons. The SMILES string of the molecule is CC1(C)C(=C/C=C2\CCCC(C=CC3=[N+](CCCCS(=O)(=O)[O-])c4ccc5ccccc5c4C3(C)C)=C2Cl)N(CCCCSOO[O-])c2ccc3ccccc3c21.[Na+]. The maximum absolute atomic E-state index is 11.4. The van der Waals surface area contributed by atoms with Crippen LogP contribution in [0.3, 0.4) is 0 Å². The van der Waals surface area contributed by atoms with E-state index in [-0.39, 0.29) is 46.1 Å². The van der Waals surface area contributed by atoms with E-state index in [1.54, 1.807) is 0 Å². The summed E-state index contributed by atoms with van der Waals surface area (Å²) in [6.07, 6.45) is 14.2. The Morgan fingerprint density at radius 1 is 0.845 bits per heavy atom. The van der Waals surface area contributed by atoms with E-state index >= 15 is 0 Å². The van der Waals surface area contributed by atoms with Crippen LogP contribution < -0.4 is 39.7 Å². The summed E-state index contributed by atoms with van der Waals surface area (Å²) < 4.78 is 41.0. The van der Waals surface area contributed by atoms with Gasteiger partial charge in [-0.15, -0.1) is 0 Å². The van der Waals surface area contributed by atoms with Crippen molar-refractivity contribution in [2.45, 2.75) is 83.5 Å². The van der Waals surface area contributed by atoms with Gasteiger partial charge in [0.1, 0.15) is 6.54 Å². The molecule has 7 rings (SSSR count). The van der Waals surface area contributed by atoms with E-state index < -0.39 is 10.1 Å². The van der Waals surface area contributed by atoms with Gasteiger partial charge in [0.05, 0.1) is 15.5 Å². The summed E-state index contributed by atoms with van der Waals surface area (Å²) in [4.78, 5) is 2.44. The van der Waals surface area contributed by atoms with E-state index in [0.29, 0.717) is 25.1 Å². The largest absolute Gasteiger partial charge is 1.00 e. The van der Waals surface area contributed by atoms with Crippen LogP contribution in [0.1, 0.15) is 83.8 Å². The molecule has 4 aromatic carbocycles. The van der Waals surface area contributed by atoms with Gasteiger partial charge in [-0.05, 0) is 109 Å². The van der Waals surface area contributed by atoms with Gasteiger partial charge in [0.2, 0.25) is 5.69 Å². The maximum Gasteiger partial charge on any atom is 1.00 e. The number of benzene rings is 4. The molecule has 0 bridgehead atoms. The zero-order valence-electron chi connectivity index (χ0n) is 34.1. The molecule has 0 aromatic heterocycles. The van der Waals surface area contributed by atoms with Gasteiger partial charge in [-0.1, -0.05) is 92.2 Å². The Labute approximate surface area is 374 Å². The van der Waals surface area contributed by atoms with Gasteiger partial charge in [0, 0.05) is 76.1 Å². The van der Waals surface area contributed by atoms with E-state index in [1.165, 1.54) is 44.1 Å². The van der Waals surface area contributed by atoms with Crippen molar-refractivity contribution in [1.82, 2.24) is 0 Å². The molecule has 0 spiro atoms. The quantitative estimate of drug-likeness (QED) is 0.0236. The third-order valence-corrected chi connectivity index (χ3v) is 13.7. The van der Waals surface area contributed by atoms with Crippen LogP contribution in [0.4, 0.5) is 11.4 Å². The van der Waals surface area contributed by atoms with E-state index in [4.69, 9.17) is 11.6 Å². The van der Waals surface area contributed by atoms with Crippen LogP contribution in [0.2, 0.25) is 0 Å². The number of unbranched alkanes of at least 4 members (excludes halogenated alkanes) is 2. The normalized spacial score (nSPS) is 18.9. The van der Waals surface area contributed by atoms with Crippen molar-refractivity contribution in [2.24, 2.45) is 0 Å². The molecule has 0 amide bonds. The number of allylic oxidation sites excluding steroid dienone is 8. The molecule has 4 aromatic rings. The Balaban J connectivity index is 0.00000567. The zero-order chi connectivity index (χ0) is 40.4. The number of fused-ring (bicyclic) bond motifs is 6. The van der Waals surface area contributed by atoms with Crippen LogP contribution in [-0.4, -0.2) is 47.9 Å². The molecular formula is C46H50ClN2NaO6S2.